The van der Waals surface area contributed by atoms with Crippen molar-refractivity contribution in [3.05, 3.63) is 64.1 Å². The van der Waals surface area contributed by atoms with E-state index in [1.54, 1.807) is 0 Å². The van der Waals surface area contributed by atoms with Crippen LogP contribution in [0.25, 0.3) is 0 Å². The topological polar surface area (TPSA) is 29.5 Å². The summed E-state index contributed by atoms with van der Waals surface area (Å²) < 4.78 is 43.1. The molecule has 1 N–H and O–H groups in total. The molecular formula is C15H12BrF3O2. The zero-order valence-corrected chi connectivity index (χ0v) is 12.4. The Morgan fingerprint density at radius 2 is 1.76 bits per heavy atom. The summed E-state index contributed by atoms with van der Waals surface area (Å²) >= 11 is 3.03. The van der Waals surface area contributed by atoms with E-state index in [0.29, 0.717) is 12.4 Å². The molecule has 0 fully saturated rings. The molecule has 0 radical (unpaired) electrons. The fourth-order valence-electron chi connectivity index (χ4n) is 1.74. The summed E-state index contributed by atoms with van der Waals surface area (Å²) in [5, 5.41) is 9.24. The maximum atomic E-state index is 12.5. The summed E-state index contributed by atoms with van der Waals surface area (Å²) in [4.78, 5) is 0. The molecule has 0 saturated carbocycles. The van der Waals surface area contributed by atoms with Crippen LogP contribution in [0.2, 0.25) is 0 Å². The lowest BCUT2D eigenvalue weighted by atomic mass is 10.1. The van der Waals surface area contributed by atoms with E-state index in [-0.39, 0.29) is 10.0 Å². The van der Waals surface area contributed by atoms with Crippen molar-refractivity contribution in [3.63, 3.8) is 0 Å². The first-order valence-electron chi connectivity index (χ1n) is 6.09. The third kappa shape index (κ3) is 4.22. The van der Waals surface area contributed by atoms with Gasteiger partial charge in [0.05, 0.1) is 0 Å². The molecule has 0 heterocycles. The molecule has 21 heavy (non-hydrogen) atoms. The summed E-state index contributed by atoms with van der Waals surface area (Å²) in [5.41, 5.74) is 0.711. The molecule has 0 aliphatic carbocycles. The molecule has 0 bridgehead atoms. The Morgan fingerprint density at radius 3 is 2.33 bits per heavy atom. The Labute approximate surface area is 128 Å². The van der Waals surface area contributed by atoms with Gasteiger partial charge in [-0.05, 0) is 17.7 Å². The maximum absolute atomic E-state index is 12.5. The Kier molecular flexibility index (Phi) is 4.90. The Hall–Kier alpha value is -1.53. The van der Waals surface area contributed by atoms with E-state index in [1.807, 2.05) is 30.3 Å². The van der Waals surface area contributed by atoms with Gasteiger partial charge in [-0.25, -0.2) is 0 Å². The van der Waals surface area contributed by atoms with Crippen molar-refractivity contribution in [2.24, 2.45) is 0 Å². The molecule has 2 rings (SSSR count). The van der Waals surface area contributed by atoms with Gasteiger partial charge < -0.3 is 9.84 Å². The second kappa shape index (κ2) is 6.49. The van der Waals surface area contributed by atoms with Crippen molar-refractivity contribution in [1.29, 1.82) is 0 Å². The molecule has 0 aromatic heterocycles. The molecule has 0 saturated heterocycles. The van der Waals surface area contributed by atoms with E-state index in [1.165, 1.54) is 18.2 Å². The van der Waals surface area contributed by atoms with Crippen LogP contribution in [0.1, 0.15) is 17.2 Å². The molecule has 0 amide bonds. The van der Waals surface area contributed by atoms with Crippen LogP contribution >= 0.6 is 15.9 Å². The fourth-order valence-corrected chi connectivity index (χ4v) is 2.31. The Bertz CT molecular complexity index is 600. The van der Waals surface area contributed by atoms with Crippen LogP contribution in [0.5, 0.6) is 5.75 Å². The van der Waals surface area contributed by atoms with Gasteiger partial charge in [-0.1, -0.05) is 52.3 Å². The lowest BCUT2D eigenvalue weighted by Crippen LogP contribution is -2.20. The monoisotopic (exact) mass is 360 g/mol. The summed E-state index contributed by atoms with van der Waals surface area (Å²) in [5.74, 6) is 0.420. The first kappa shape index (κ1) is 15.9. The largest absolute Gasteiger partial charge is 0.489 e. The first-order valence-corrected chi connectivity index (χ1v) is 6.88. The van der Waals surface area contributed by atoms with Crippen molar-refractivity contribution >= 4 is 15.9 Å². The van der Waals surface area contributed by atoms with Crippen LogP contribution < -0.4 is 4.74 Å². The predicted octanol–water partition coefficient (Wildman–Crippen LogP) is 4.62. The zero-order valence-electron chi connectivity index (χ0n) is 10.8. The van der Waals surface area contributed by atoms with Crippen LogP contribution in [0.15, 0.2) is 53.0 Å². The van der Waals surface area contributed by atoms with Gasteiger partial charge in [0.2, 0.25) is 0 Å². The van der Waals surface area contributed by atoms with E-state index >= 15 is 0 Å². The van der Waals surface area contributed by atoms with Crippen LogP contribution in [-0.2, 0) is 6.61 Å². The minimum absolute atomic E-state index is 0.151. The maximum Gasteiger partial charge on any atom is 0.418 e. The third-order valence-corrected chi connectivity index (χ3v) is 3.51. The van der Waals surface area contributed by atoms with E-state index in [2.05, 4.69) is 15.9 Å². The van der Waals surface area contributed by atoms with Crippen LogP contribution in [0.4, 0.5) is 13.2 Å². The number of aliphatic hydroxyl groups excluding tert-OH is 1. The Morgan fingerprint density at radius 1 is 1.10 bits per heavy atom. The number of ether oxygens (including phenoxy) is 1. The van der Waals surface area contributed by atoms with E-state index in [0.717, 1.165) is 5.56 Å². The predicted molar refractivity (Wildman–Crippen MR) is 75.9 cm³/mol. The summed E-state index contributed by atoms with van der Waals surface area (Å²) in [7, 11) is 0. The van der Waals surface area contributed by atoms with Gasteiger partial charge in [0, 0.05) is 10.0 Å². The molecule has 2 aromatic rings. The molecule has 0 spiro atoms. The molecule has 0 aliphatic rings. The second-order valence-corrected chi connectivity index (χ2v) is 5.26. The van der Waals surface area contributed by atoms with E-state index in [9.17, 15) is 18.3 Å². The highest BCUT2D eigenvalue weighted by molar-refractivity contribution is 9.10. The number of benzene rings is 2. The van der Waals surface area contributed by atoms with Gasteiger partial charge in [-0.2, -0.15) is 13.2 Å². The first-order chi connectivity index (χ1) is 9.88. The molecule has 112 valence electrons. The lowest BCUT2D eigenvalue weighted by molar-refractivity contribution is -0.207. The summed E-state index contributed by atoms with van der Waals surface area (Å²) in [6.45, 7) is 0.314. The molecule has 6 heteroatoms. The van der Waals surface area contributed by atoms with Crippen molar-refractivity contribution in [3.8, 4) is 5.75 Å². The van der Waals surface area contributed by atoms with E-state index in [4.69, 9.17) is 4.74 Å². The quantitative estimate of drug-likeness (QED) is 0.861. The number of aliphatic hydroxyl groups is 1. The number of alkyl halides is 3. The Balaban J connectivity index is 2.09. The van der Waals surface area contributed by atoms with Crippen molar-refractivity contribution < 1.29 is 23.0 Å². The van der Waals surface area contributed by atoms with E-state index < -0.39 is 12.3 Å². The standard InChI is InChI=1S/C15H12BrF3O2/c16-13-8-11(21-9-10-4-2-1-3-5-10)6-7-12(13)14(20)15(17,18)19/h1-8,14,20H,9H2/t14-/m0/s1. The normalized spacial score (nSPS) is 13.0. The molecule has 2 aromatic carbocycles. The van der Waals surface area contributed by atoms with Gasteiger partial charge in [-0.3, -0.25) is 0 Å². The van der Waals surface area contributed by atoms with Crippen molar-refractivity contribution in [1.82, 2.24) is 0 Å². The molecular weight excluding hydrogens is 349 g/mol. The fraction of sp³-hybridized carbons (Fsp3) is 0.200. The molecule has 1 atom stereocenters. The minimum atomic E-state index is -4.70. The molecule has 2 nitrogen and oxygen atoms in total. The van der Waals surface area contributed by atoms with Crippen molar-refractivity contribution in [2.75, 3.05) is 0 Å². The zero-order chi connectivity index (χ0) is 15.5. The highest BCUT2D eigenvalue weighted by Gasteiger charge is 2.40. The number of hydrogen-bond donors (Lipinski definition) is 1. The van der Waals surface area contributed by atoms with Crippen LogP contribution in [-0.4, -0.2) is 11.3 Å². The highest BCUT2D eigenvalue weighted by atomic mass is 79.9. The molecule has 0 unspecified atom stereocenters. The average Bonchev–Trinajstić information content (AvgIpc) is 2.45. The lowest BCUT2D eigenvalue weighted by Gasteiger charge is -2.17. The van der Waals surface area contributed by atoms with Gasteiger partial charge >= 0.3 is 6.18 Å². The summed E-state index contributed by atoms with van der Waals surface area (Å²) in [6.07, 6.45) is -7.22. The number of hydrogen-bond acceptors (Lipinski definition) is 2. The van der Waals surface area contributed by atoms with Crippen molar-refractivity contribution in [2.45, 2.75) is 18.9 Å². The number of rotatable bonds is 4. The summed E-state index contributed by atoms with van der Waals surface area (Å²) in [6, 6.07) is 13.4. The average molecular weight is 361 g/mol. The van der Waals surface area contributed by atoms with Gasteiger partial charge in [0.15, 0.2) is 6.10 Å². The second-order valence-electron chi connectivity index (χ2n) is 4.40. The van der Waals surface area contributed by atoms with Gasteiger partial charge in [0.25, 0.3) is 0 Å². The molecule has 0 aliphatic heterocycles. The van der Waals surface area contributed by atoms with Crippen LogP contribution in [0, 0.1) is 0 Å². The van der Waals surface area contributed by atoms with Gasteiger partial charge in [0.1, 0.15) is 12.4 Å². The van der Waals surface area contributed by atoms with Crippen LogP contribution in [0.3, 0.4) is 0 Å². The minimum Gasteiger partial charge on any atom is -0.489 e. The SMILES string of the molecule is O[C@@H](c1ccc(OCc2ccccc2)cc1Br)C(F)(F)F. The third-order valence-electron chi connectivity index (χ3n) is 2.82. The smallest absolute Gasteiger partial charge is 0.418 e. The highest BCUT2D eigenvalue weighted by Crippen LogP contribution is 2.37. The van der Waals surface area contributed by atoms with Gasteiger partial charge in [-0.15, -0.1) is 0 Å². The number of halogens is 4.